The first-order valence-electron chi connectivity index (χ1n) is 7.86. The summed E-state index contributed by atoms with van der Waals surface area (Å²) in [6, 6.07) is 9.90. The molecular weight excluding hydrogens is 280 g/mol. The summed E-state index contributed by atoms with van der Waals surface area (Å²) < 4.78 is 0. The van der Waals surface area contributed by atoms with Crippen molar-refractivity contribution in [2.75, 3.05) is 33.8 Å². The van der Waals surface area contributed by atoms with Crippen LogP contribution in [0.2, 0.25) is 0 Å². The van der Waals surface area contributed by atoms with Gasteiger partial charge in [-0.05, 0) is 31.4 Å². The molecule has 1 aliphatic heterocycles. The maximum absolute atomic E-state index is 11.6. The number of piperidine rings is 1. The molecule has 1 N–H and O–H groups in total. The van der Waals surface area contributed by atoms with Gasteiger partial charge >= 0.3 is 0 Å². The van der Waals surface area contributed by atoms with Crippen molar-refractivity contribution < 1.29 is 14.7 Å². The van der Waals surface area contributed by atoms with E-state index in [4.69, 9.17) is 4.84 Å². The summed E-state index contributed by atoms with van der Waals surface area (Å²) >= 11 is 0. The number of hydrogen-bond donors (Lipinski definition) is 1. The largest absolute Gasteiger partial charge is 0.385 e. The van der Waals surface area contributed by atoms with E-state index in [1.165, 1.54) is 12.2 Å². The van der Waals surface area contributed by atoms with Crippen LogP contribution in [-0.4, -0.2) is 54.8 Å². The van der Waals surface area contributed by atoms with Gasteiger partial charge in [-0.15, -0.1) is 0 Å². The molecule has 1 heterocycles. The van der Waals surface area contributed by atoms with Gasteiger partial charge in [-0.3, -0.25) is 9.63 Å². The number of aliphatic hydroxyl groups is 1. The lowest BCUT2D eigenvalue weighted by atomic mass is 9.84. The average Bonchev–Trinajstić information content (AvgIpc) is 2.56. The lowest BCUT2D eigenvalue weighted by Crippen LogP contribution is -2.43. The number of benzene rings is 1. The standard InChI is InChI=1S/C17H26N2O3/c1-18(22-2)16(20)9-6-12-19-13-10-17(21,11-14-19)15-7-4-3-5-8-15/h3-5,7-8,21H,6,9-14H2,1-2H3. The van der Waals surface area contributed by atoms with Crippen LogP contribution in [0.25, 0.3) is 0 Å². The third kappa shape index (κ3) is 4.29. The topological polar surface area (TPSA) is 53.0 Å². The molecule has 1 aromatic rings. The molecule has 1 amide bonds. The molecule has 1 aliphatic rings. The lowest BCUT2D eigenvalue weighted by Gasteiger charge is -2.38. The Hall–Kier alpha value is -1.43. The number of carbonyl (C=O) groups is 1. The smallest absolute Gasteiger partial charge is 0.245 e. The third-order valence-corrected chi connectivity index (χ3v) is 4.48. The quantitative estimate of drug-likeness (QED) is 0.814. The number of carbonyl (C=O) groups excluding carboxylic acids is 1. The minimum atomic E-state index is -0.705. The van der Waals surface area contributed by atoms with Crippen molar-refractivity contribution in [3.63, 3.8) is 0 Å². The predicted molar refractivity (Wildman–Crippen MR) is 85.0 cm³/mol. The first kappa shape index (κ1) is 16.9. The predicted octanol–water partition coefficient (Wildman–Crippen LogP) is 1.77. The molecular formula is C17H26N2O3. The highest BCUT2D eigenvalue weighted by atomic mass is 16.7. The van der Waals surface area contributed by atoms with Gasteiger partial charge in [0.25, 0.3) is 0 Å². The van der Waals surface area contributed by atoms with Gasteiger partial charge < -0.3 is 10.0 Å². The van der Waals surface area contributed by atoms with Crippen molar-refractivity contribution in [2.45, 2.75) is 31.3 Å². The van der Waals surface area contributed by atoms with Gasteiger partial charge in [0.1, 0.15) is 0 Å². The van der Waals surface area contributed by atoms with Gasteiger partial charge in [0.15, 0.2) is 0 Å². The van der Waals surface area contributed by atoms with E-state index in [-0.39, 0.29) is 5.91 Å². The number of hydrogen-bond acceptors (Lipinski definition) is 4. The van der Waals surface area contributed by atoms with E-state index in [2.05, 4.69) is 4.90 Å². The molecule has 122 valence electrons. The molecule has 2 rings (SSSR count). The lowest BCUT2D eigenvalue weighted by molar-refractivity contribution is -0.168. The molecule has 1 saturated heterocycles. The van der Waals surface area contributed by atoms with Crippen molar-refractivity contribution in [3.8, 4) is 0 Å². The minimum absolute atomic E-state index is 0.000278. The van der Waals surface area contributed by atoms with Crippen molar-refractivity contribution >= 4 is 5.91 Å². The Kier molecular flexibility index (Phi) is 5.94. The van der Waals surface area contributed by atoms with Crippen LogP contribution in [-0.2, 0) is 15.2 Å². The second kappa shape index (κ2) is 7.72. The molecule has 1 aromatic carbocycles. The molecule has 0 saturated carbocycles. The molecule has 0 spiro atoms. The van der Waals surface area contributed by atoms with E-state index in [0.717, 1.165) is 44.5 Å². The first-order chi connectivity index (χ1) is 10.5. The Balaban J connectivity index is 1.75. The van der Waals surface area contributed by atoms with E-state index >= 15 is 0 Å². The highest BCUT2D eigenvalue weighted by molar-refractivity contribution is 5.74. The van der Waals surface area contributed by atoms with Gasteiger partial charge in [0.05, 0.1) is 12.7 Å². The van der Waals surface area contributed by atoms with Gasteiger partial charge in [-0.2, -0.15) is 0 Å². The van der Waals surface area contributed by atoms with E-state index in [9.17, 15) is 9.90 Å². The van der Waals surface area contributed by atoms with Gasteiger partial charge in [-0.1, -0.05) is 30.3 Å². The van der Waals surface area contributed by atoms with E-state index in [0.29, 0.717) is 6.42 Å². The highest BCUT2D eigenvalue weighted by Crippen LogP contribution is 2.32. The second-order valence-corrected chi connectivity index (χ2v) is 5.92. The molecule has 0 radical (unpaired) electrons. The molecule has 0 unspecified atom stereocenters. The van der Waals surface area contributed by atoms with Crippen LogP contribution in [0.4, 0.5) is 0 Å². The van der Waals surface area contributed by atoms with Crippen LogP contribution in [0.15, 0.2) is 30.3 Å². The SMILES string of the molecule is CON(C)C(=O)CCCN1CCC(O)(c2ccccc2)CC1. The van der Waals surface area contributed by atoms with Crippen LogP contribution in [0.1, 0.15) is 31.2 Å². The van der Waals surface area contributed by atoms with Crippen LogP contribution >= 0.6 is 0 Å². The number of rotatable bonds is 6. The molecule has 0 bridgehead atoms. The van der Waals surface area contributed by atoms with E-state index in [1.54, 1.807) is 7.05 Å². The zero-order valence-electron chi connectivity index (χ0n) is 13.5. The summed E-state index contributed by atoms with van der Waals surface area (Å²) in [5.41, 5.74) is 0.302. The Morgan fingerprint density at radius 2 is 1.95 bits per heavy atom. The molecule has 0 aromatic heterocycles. The Morgan fingerprint density at radius 3 is 2.55 bits per heavy atom. The Morgan fingerprint density at radius 1 is 1.32 bits per heavy atom. The number of amides is 1. The van der Waals surface area contributed by atoms with Crippen LogP contribution in [0.5, 0.6) is 0 Å². The molecule has 0 atom stereocenters. The maximum Gasteiger partial charge on any atom is 0.245 e. The molecule has 0 aliphatic carbocycles. The molecule has 1 fully saturated rings. The van der Waals surface area contributed by atoms with Crippen molar-refractivity contribution in [1.29, 1.82) is 0 Å². The summed E-state index contributed by atoms with van der Waals surface area (Å²) in [4.78, 5) is 18.8. The minimum Gasteiger partial charge on any atom is -0.385 e. The van der Waals surface area contributed by atoms with Crippen LogP contribution < -0.4 is 0 Å². The fourth-order valence-corrected chi connectivity index (χ4v) is 2.90. The second-order valence-electron chi connectivity index (χ2n) is 5.92. The maximum atomic E-state index is 11.6. The van der Waals surface area contributed by atoms with Crippen LogP contribution in [0.3, 0.4) is 0 Å². The fourth-order valence-electron chi connectivity index (χ4n) is 2.90. The number of hydroxylamine groups is 2. The summed E-state index contributed by atoms with van der Waals surface area (Å²) in [7, 11) is 3.12. The summed E-state index contributed by atoms with van der Waals surface area (Å²) in [6.45, 7) is 2.60. The number of nitrogens with zero attached hydrogens (tertiary/aromatic N) is 2. The summed E-state index contributed by atoms with van der Waals surface area (Å²) in [5.74, 6) is 0.000278. The van der Waals surface area contributed by atoms with Crippen molar-refractivity contribution in [2.24, 2.45) is 0 Å². The summed E-state index contributed by atoms with van der Waals surface area (Å²) in [6.07, 6.45) is 2.78. The zero-order valence-corrected chi connectivity index (χ0v) is 13.5. The number of likely N-dealkylation sites (tertiary alicyclic amines) is 1. The Bertz CT molecular complexity index is 470. The molecule has 5 heteroatoms. The van der Waals surface area contributed by atoms with Gasteiger partial charge in [0, 0.05) is 26.6 Å². The van der Waals surface area contributed by atoms with E-state index < -0.39 is 5.60 Å². The Labute approximate surface area is 132 Å². The van der Waals surface area contributed by atoms with Crippen LogP contribution in [0, 0.1) is 0 Å². The third-order valence-electron chi connectivity index (χ3n) is 4.48. The monoisotopic (exact) mass is 306 g/mol. The fraction of sp³-hybridized carbons (Fsp3) is 0.588. The molecule has 22 heavy (non-hydrogen) atoms. The highest BCUT2D eigenvalue weighted by Gasteiger charge is 2.33. The zero-order chi connectivity index (χ0) is 16.0. The van der Waals surface area contributed by atoms with Crippen molar-refractivity contribution in [1.82, 2.24) is 9.96 Å². The van der Waals surface area contributed by atoms with Crippen molar-refractivity contribution in [3.05, 3.63) is 35.9 Å². The normalized spacial score (nSPS) is 18.1. The van der Waals surface area contributed by atoms with Gasteiger partial charge in [-0.25, -0.2) is 5.06 Å². The summed E-state index contributed by atoms with van der Waals surface area (Å²) in [5, 5.41) is 12.0. The van der Waals surface area contributed by atoms with E-state index in [1.807, 2.05) is 30.3 Å². The first-order valence-corrected chi connectivity index (χ1v) is 7.86. The molecule has 5 nitrogen and oxygen atoms in total. The average molecular weight is 306 g/mol. The van der Waals surface area contributed by atoms with Gasteiger partial charge in [0.2, 0.25) is 5.91 Å².